The Bertz CT molecular complexity index is 353. The monoisotopic (exact) mass is 270 g/mol. The normalized spacial score (nSPS) is 26.8. The van der Waals surface area contributed by atoms with E-state index in [-0.39, 0.29) is 24.7 Å². The minimum atomic E-state index is -1.01. The van der Waals surface area contributed by atoms with E-state index in [0.717, 1.165) is 25.7 Å². The highest BCUT2D eigenvalue weighted by Gasteiger charge is 2.33. The van der Waals surface area contributed by atoms with E-state index in [4.69, 9.17) is 9.84 Å². The van der Waals surface area contributed by atoms with Gasteiger partial charge in [-0.3, -0.25) is 0 Å². The van der Waals surface area contributed by atoms with Crippen LogP contribution >= 0.6 is 0 Å². The van der Waals surface area contributed by atoms with E-state index in [9.17, 15) is 9.59 Å². The number of carboxylic acids is 1. The standard InChI is InChI=1S/C13H22N2O4/c1-13(5-3-2-4-6-13)14-12(18)15-7-8-19-10(9-15)11(16)17/h10H,2-9H2,1H3,(H,14,18)(H,16,17). The van der Waals surface area contributed by atoms with Crippen LogP contribution in [-0.4, -0.2) is 53.3 Å². The van der Waals surface area contributed by atoms with Crippen molar-refractivity contribution in [1.82, 2.24) is 10.2 Å². The summed E-state index contributed by atoms with van der Waals surface area (Å²) in [6.07, 6.45) is 4.58. The molecule has 108 valence electrons. The number of carbonyl (C=O) groups is 2. The first-order chi connectivity index (χ1) is 9.00. The first kappa shape index (κ1) is 14.1. The number of amides is 2. The first-order valence-electron chi connectivity index (χ1n) is 6.92. The van der Waals surface area contributed by atoms with E-state index >= 15 is 0 Å². The topological polar surface area (TPSA) is 78.9 Å². The third-order valence-electron chi connectivity index (χ3n) is 3.99. The quantitative estimate of drug-likeness (QED) is 0.790. The lowest BCUT2D eigenvalue weighted by molar-refractivity contribution is -0.154. The number of aliphatic carboxylic acids is 1. The van der Waals surface area contributed by atoms with Crippen LogP contribution in [0.1, 0.15) is 39.0 Å². The van der Waals surface area contributed by atoms with Gasteiger partial charge in [-0.25, -0.2) is 9.59 Å². The average molecular weight is 270 g/mol. The van der Waals surface area contributed by atoms with Crippen LogP contribution in [-0.2, 0) is 9.53 Å². The van der Waals surface area contributed by atoms with Crippen molar-refractivity contribution in [3.8, 4) is 0 Å². The molecule has 2 rings (SSSR count). The molecule has 6 nitrogen and oxygen atoms in total. The number of hydrogen-bond donors (Lipinski definition) is 2. The molecule has 0 aromatic carbocycles. The number of nitrogens with zero attached hydrogens (tertiary/aromatic N) is 1. The largest absolute Gasteiger partial charge is 0.479 e. The van der Waals surface area contributed by atoms with Crippen molar-refractivity contribution in [2.24, 2.45) is 0 Å². The van der Waals surface area contributed by atoms with E-state index in [2.05, 4.69) is 12.2 Å². The maximum Gasteiger partial charge on any atom is 0.334 e. The Balaban J connectivity index is 1.90. The summed E-state index contributed by atoms with van der Waals surface area (Å²) in [6.45, 7) is 2.92. The van der Waals surface area contributed by atoms with Gasteiger partial charge >= 0.3 is 12.0 Å². The zero-order valence-corrected chi connectivity index (χ0v) is 11.4. The van der Waals surface area contributed by atoms with E-state index < -0.39 is 12.1 Å². The molecule has 1 aliphatic heterocycles. The smallest absolute Gasteiger partial charge is 0.334 e. The Hall–Kier alpha value is -1.30. The van der Waals surface area contributed by atoms with E-state index in [0.29, 0.717) is 6.54 Å². The van der Waals surface area contributed by atoms with Crippen LogP contribution < -0.4 is 5.32 Å². The Morgan fingerprint density at radius 1 is 1.32 bits per heavy atom. The number of ether oxygens (including phenoxy) is 1. The Morgan fingerprint density at radius 2 is 2.00 bits per heavy atom. The van der Waals surface area contributed by atoms with Crippen molar-refractivity contribution >= 4 is 12.0 Å². The highest BCUT2D eigenvalue weighted by Crippen LogP contribution is 2.27. The summed E-state index contributed by atoms with van der Waals surface area (Å²) in [5.74, 6) is -1.01. The molecule has 0 aromatic heterocycles. The lowest BCUT2D eigenvalue weighted by atomic mass is 9.83. The van der Waals surface area contributed by atoms with Gasteiger partial charge in [-0.15, -0.1) is 0 Å². The predicted molar refractivity (Wildman–Crippen MR) is 69.0 cm³/mol. The molecule has 1 atom stereocenters. The summed E-state index contributed by atoms with van der Waals surface area (Å²) in [5.41, 5.74) is -0.146. The molecule has 0 aromatic rings. The van der Waals surface area contributed by atoms with Crippen LogP contribution in [0.15, 0.2) is 0 Å². The fourth-order valence-electron chi connectivity index (χ4n) is 2.78. The van der Waals surface area contributed by atoms with E-state index in [1.165, 1.54) is 6.42 Å². The molecular formula is C13H22N2O4. The molecule has 0 bridgehead atoms. The van der Waals surface area contributed by atoms with Crippen molar-refractivity contribution in [2.75, 3.05) is 19.7 Å². The van der Waals surface area contributed by atoms with Gasteiger partial charge in [0.15, 0.2) is 6.10 Å². The average Bonchev–Trinajstić information content (AvgIpc) is 2.39. The minimum absolute atomic E-state index is 0.122. The molecule has 1 saturated carbocycles. The third kappa shape index (κ3) is 3.59. The highest BCUT2D eigenvalue weighted by molar-refractivity contribution is 5.78. The van der Waals surface area contributed by atoms with Gasteiger partial charge in [0.05, 0.1) is 13.2 Å². The molecule has 19 heavy (non-hydrogen) atoms. The second kappa shape index (κ2) is 5.77. The molecule has 2 amide bonds. The van der Waals surface area contributed by atoms with Gasteiger partial charge in [0.25, 0.3) is 0 Å². The van der Waals surface area contributed by atoms with Crippen LogP contribution in [0.25, 0.3) is 0 Å². The summed E-state index contributed by atoms with van der Waals surface area (Å²) >= 11 is 0. The molecule has 6 heteroatoms. The molecule has 1 saturated heterocycles. The molecule has 0 radical (unpaired) electrons. The SMILES string of the molecule is CC1(NC(=O)N2CCOC(C(=O)O)C2)CCCCC1. The number of rotatable bonds is 2. The third-order valence-corrected chi connectivity index (χ3v) is 3.99. The fourth-order valence-corrected chi connectivity index (χ4v) is 2.78. The van der Waals surface area contributed by atoms with Gasteiger partial charge in [-0.2, -0.15) is 0 Å². The summed E-state index contributed by atoms with van der Waals surface area (Å²) in [4.78, 5) is 24.6. The van der Waals surface area contributed by atoms with Gasteiger partial charge in [-0.1, -0.05) is 19.3 Å². The molecule has 1 heterocycles. The van der Waals surface area contributed by atoms with Gasteiger partial charge in [0.2, 0.25) is 0 Å². The van der Waals surface area contributed by atoms with Gasteiger partial charge in [0.1, 0.15) is 0 Å². The molecule has 2 aliphatic rings. The van der Waals surface area contributed by atoms with Crippen molar-refractivity contribution < 1.29 is 19.4 Å². The van der Waals surface area contributed by atoms with Gasteiger partial charge in [-0.05, 0) is 19.8 Å². The molecule has 1 aliphatic carbocycles. The maximum absolute atomic E-state index is 12.2. The lowest BCUT2D eigenvalue weighted by Crippen LogP contribution is -2.57. The zero-order valence-electron chi connectivity index (χ0n) is 11.4. The Labute approximate surface area is 113 Å². The van der Waals surface area contributed by atoms with Crippen molar-refractivity contribution in [3.63, 3.8) is 0 Å². The molecule has 2 N–H and O–H groups in total. The van der Waals surface area contributed by atoms with Gasteiger partial charge in [0, 0.05) is 12.1 Å². The second-order valence-corrected chi connectivity index (χ2v) is 5.70. The molecular weight excluding hydrogens is 248 g/mol. The number of hydrogen-bond acceptors (Lipinski definition) is 3. The number of morpholine rings is 1. The summed E-state index contributed by atoms with van der Waals surface area (Å²) < 4.78 is 5.11. The highest BCUT2D eigenvalue weighted by atomic mass is 16.5. The first-order valence-corrected chi connectivity index (χ1v) is 6.92. The lowest BCUT2D eigenvalue weighted by Gasteiger charge is -2.38. The van der Waals surface area contributed by atoms with Crippen LogP contribution in [0.5, 0.6) is 0 Å². The van der Waals surface area contributed by atoms with Crippen molar-refractivity contribution in [2.45, 2.75) is 50.7 Å². The Kier molecular flexibility index (Phi) is 4.29. The van der Waals surface area contributed by atoms with Crippen LogP contribution in [0.4, 0.5) is 4.79 Å². The maximum atomic E-state index is 12.2. The summed E-state index contributed by atoms with van der Waals surface area (Å²) in [5, 5.41) is 12.0. The molecule has 2 fully saturated rings. The number of urea groups is 1. The second-order valence-electron chi connectivity index (χ2n) is 5.70. The fraction of sp³-hybridized carbons (Fsp3) is 0.846. The molecule has 1 unspecified atom stereocenters. The van der Waals surface area contributed by atoms with Crippen LogP contribution in [0.2, 0.25) is 0 Å². The number of nitrogens with one attached hydrogen (secondary N) is 1. The minimum Gasteiger partial charge on any atom is -0.479 e. The van der Waals surface area contributed by atoms with Crippen LogP contribution in [0, 0.1) is 0 Å². The van der Waals surface area contributed by atoms with E-state index in [1.54, 1.807) is 4.90 Å². The van der Waals surface area contributed by atoms with Gasteiger partial charge < -0.3 is 20.1 Å². The number of carbonyl (C=O) groups excluding carboxylic acids is 1. The summed E-state index contributed by atoms with van der Waals surface area (Å²) in [7, 11) is 0. The zero-order chi connectivity index (χ0) is 13.9. The van der Waals surface area contributed by atoms with Crippen molar-refractivity contribution in [1.29, 1.82) is 0 Å². The van der Waals surface area contributed by atoms with Crippen molar-refractivity contribution in [3.05, 3.63) is 0 Å². The Morgan fingerprint density at radius 3 is 2.63 bits per heavy atom. The summed E-state index contributed by atoms with van der Waals surface area (Å²) in [6, 6.07) is -0.168. The van der Waals surface area contributed by atoms with Crippen LogP contribution in [0.3, 0.4) is 0 Å². The predicted octanol–water partition coefficient (Wildman–Crippen LogP) is 1.20. The molecule has 0 spiro atoms. The number of carboxylic acid groups (broad SMARTS) is 1. The van der Waals surface area contributed by atoms with E-state index in [1.807, 2.05) is 0 Å².